The van der Waals surface area contributed by atoms with Gasteiger partial charge in [0, 0.05) is 5.38 Å². The highest BCUT2D eigenvalue weighted by molar-refractivity contribution is 6.20. The highest BCUT2D eigenvalue weighted by atomic mass is 35.5. The summed E-state index contributed by atoms with van der Waals surface area (Å²) in [6, 6.07) is 7.91. The van der Waals surface area contributed by atoms with E-state index in [1.807, 2.05) is 18.2 Å². The number of benzene rings is 1. The molecule has 0 spiro atoms. The SMILES string of the molecule is CC(C(=O)O)c1ccccc1C1CCCC(Cl)C1. The maximum atomic E-state index is 11.2. The Labute approximate surface area is 113 Å². The zero-order valence-corrected chi connectivity index (χ0v) is 11.4. The van der Waals surface area contributed by atoms with Crippen LogP contribution in [0.2, 0.25) is 0 Å². The third-order valence-corrected chi connectivity index (χ3v) is 4.28. The summed E-state index contributed by atoms with van der Waals surface area (Å²) in [5.74, 6) is -0.795. The van der Waals surface area contributed by atoms with Crippen LogP contribution in [0.5, 0.6) is 0 Å². The Morgan fingerprint density at radius 2 is 2.11 bits per heavy atom. The number of halogens is 1. The average molecular weight is 267 g/mol. The molecule has 2 rings (SSSR count). The quantitative estimate of drug-likeness (QED) is 0.835. The molecule has 0 heterocycles. The van der Waals surface area contributed by atoms with Gasteiger partial charge in [-0.2, -0.15) is 0 Å². The van der Waals surface area contributed by atoms with Crippen LogP contribution in [0.25, 0.3) is 0 Å². The lowest BCUT2D eigenvalue weighted by molar-refractivity contribution is -0.138. The van der Waals surface area contributed by atoms with Gasteiger partial charge in [0.25, 0.3) is 0 Å². The van der Waals surface area contributed by atoms with Gasteiger partial charge in [0.1, 0.15) is 0 Å². The number of rotatable bonds is 3. The molecule has 3 unspecified atom stereocenters. The van der Waals surface area contributed by atoms with Crippen LogP contribution in [0.1, 0.15) is 55.6 Å². The van der Waals surface area contributed by atoms with Crippen molar-refractivity contribution in [3.8, 4) is 0 Å². The van der Waals surface area contributed by atoms with Gasteiger partial charge in [-0.3, -0.25) is 4.79 Å². The Morgan fingerprint density at radius 3 is 2.78 bits per heavy atom. The molecule has 0 saturated heterocycles. The second kappa shape index (κ2) is 5.75. The van der Waals surface area contributed by atoms with E-state index >= 15 is 0 Å². The lowest BCUT2D eigenvalue weighted by Crippen LogP contribution is -2.17. The van der Waals surface area contributed by atoms with Crippen LogP contribution in [0.15, 0.2) is 24.3 Å². The minimum absolute atomic E-state index is 0.233. The number of carbonyl (C=O) groups is 1. The number of carboxylic acids is 1. The summed E-state index contributed by atoms with van der Waals surface area (Å²) >= 11 is 6.24. The first-order valence-electron chi connectivity index (χ1n) is 6.55. The van der Waals surface area contributed by atoms with Crippen LogP contribution in [0.4, 0.5) is 0 Å². The highest BCUT2D eigenvalue weighted by Crippen LogP contribution is 2.38. The fourth-order valence-electron chi connectivity index (χ4n) is 2.82. The average Bonchev–Trinajstić information content (AvgIpc) is 2.38. The van der Waals surface area contributed by atoms with E-state index in [1.54, 1.807) is 6.92 Å². The summed E-state index contributed by atoms with van der Waals surface area (Å²) in [7, 11) is 0. The molecule has 1 saturated carbocycles. The Hall–Kier alpha value is -1.02. The summed E-state index contributed by atoms with van der Waals surface area (Å²) < 4.78 is 0. The third kappa shape index (κ3) is 2.86. The highest BCUT2D eigenvalue weighted by Gasteiger charge is 2.26. The summed E-state index contributed by atoms with van der Waals surface area (Å²) in [5.41, 5.74) is 2.12. The first-order chi connectivity index (χ1) is 8.59. The minimum atomic E-state index is -0.763. The third-order valence-electron chi connectivity index (χ3n) is 3.88. The van der Waals surface area contributed by atoms with Crippen molar-refractivity contribution in [1.29, 1.82) is 0 Å². The number of alkyl halides is 1. The van der Waals surface area contributed by atoms with Gasteiger partial charge in [-0.1, -0.05) is 30.7 Å². The van der Waals surface area contributed by atoms with E-state index < -0.39 is 11.9 Å². The van der Waals surface area contributed by atoms with Crippen molar-refractivity contribution < 1.29 is 9.90 Å². The van der Waals surface area contributed by atoms with Gasteiger partial charge in [-0.25, -0.2) is 0 Å². The molecule has 1 fully saturated rings. The topological polar surface area (TPSA) is 37.3 Å². The lowest BCUT2D eigenvalue weighted by atomic mass is 9.79. The molecule has 1 aromatic carbocycles. The van der Waals surface area contributed by atoms with Crippen LogP contribution in [0, 0.1) is 0 Å². The van der Waals surface area contributed by atoms with Gasteiger partial charge >= 0.3 is 5.97 Å². The second-order valence-corrected chi connectivity index (χ2v) is 5.77. The number of hydrogen-bond donors (Lipinski definition) is 1. The van der Waals surface area contributed by atoms with Crippen molar-refractivity contribution >= 4 is 17.6 Å². The molecular weight excluding hydrogens is 248 g/mol. The normalized spacial score (nSPS) is 25.7. The Balaban J connectivity index is 2.29. The summed E-state index contributed by atoms with van der Waals surface area (Å²) in [5, 5.41) is 9.42. The molecule has 1 aromatic rings. The molecule has 1 aliphatic rings. The molecule has 0 aliphatic heterocycles. The van der Waals surface area contributed by atoms with Crippen LogP contribution in [0.3, 0.4) is 0 Å². The summed E-state index contributed by atoms with van der Waals surface area (Å²) in [6.07, 6.45) is 4.29. The van der Waals surface area contributed by atoms with Crippen molar-refractivity contribution in [3.05, 3.63) is 35.4 Å². The molecular formula is C15H19ClO2. The Bertz CT molecular complexity index is 430. The standard InChI is InChI=1S/C15H19ClO2/c1-10(15(17)18)13-7-2-3-8-14(13)11-5-4-6-12(16)9-11/h2-3,7-8,10-12H,4-6,9H2,1H3,(H,17,18). The fourth-order valence-corrected chi connectivity index (χ4v) is 3.19. The van der Waals surface area contributed by atoms with E-state index in [4.69, 9.17) is 11.6 Å². The Kier molecular flexibility index (Phi) is 4.28. The zero-order chi connectivity index (χ0) is 13.1. The van der Waals surface area contributed by atoms with Gasteiger partial charge in [0.2, 0.25) is 0 Å². The summed E-state index contributed by atoms with van der Waals surface area (Å²) in [4.78, 5) is 11.2. The largest absolute Gasteiger partial charge is 0.481 e. The van der Waals surface area contributed by atoms with E-state index in [1.165, 1.54) is 5.56 Å². The smallest absolute Gasteiger partial charge is 0.310 e. The van der Waals surface area contributed by atoms with Crippen molar-refractivity contribution in [2.24, 2.45) is 0 Å². The lowest BCUT2D eigenvalue weighted by Gasteiger charge is -2.28. The number of hydrogen-bond acceptors (Lipinski definition) is 1. The van der Waals surface area contributed by atoms with E-state index in [2.05, 4.69) is 6.07 Å². The van der Waals surface area contributed by atoms with Gasteiger partial charge in [0.15, 0.2) is 0 Å². The molecule has 98 valence electrons. The van der Waals surface area contributed by atoms with Crippen molar-refractivity contribution in [3.63, 3.8) is 0 Å². The maximum absolute atomic E-state index is 11.2. The van der Waals surface area contributed by atoms with Crippen LogP contribution < -0.4 is 0 Å². The van der Waals surface area contributed by atoms with E-state index in [0.717, 1.165) is 31.2 Å². The molecule has 18 heavy (non-hydrogen) atoms. The fraction of sp³-hybridized carbons (Fsp3) is 0.533. The minimum Gasteiger partial charge on any atom is -0.481 e. The van der Waals surface area contributed by atoms with Crippen molar-refractivity contribution in [2.45, 2.75) is 49.8 Å². The van der Waals surface area contributed by atoms with Gasteiger partial charge < -0.3 is 5.11 Å². The van der Waals surface area contributed by atoms with Crippen LogP contribution >= 0.6 is 11.6 Å². The van der Waals surface area contributed by atoms with Crippen LogP contribution in [-0.4, -0.2) is 16.5 Å². The Morgan fingerprint density at radius 1 is 1.39 bits per heavy atom. The first-order valence-corrected chi connectivity index (χ1v) is 6.99. The molecule has 1 aliphatic carbocycles. The predicted octanol–water partition coefficient (Wildman–Crippen LogP) is 4.14. The monoisotopic (exact) mass is 266 g/mol. The molecule has 0 bridgehead atoms. The molecule has 0 radical (unpaired) electrons. The van der Waals surface area contributed by atoms with Gasteiger partial charge in [0.05, 0.1) is 5.92 Å². The maximum Gasteiger partial charge on any atom is 0.310 e. The van der Waals surface area contributed by atoms with Gasteiger partial charge in [-0.05, 0) is 43.2 Å². The molecule has 0 aromatic heterocycles. The number of carboxylic acid groups (broad SMARTS) is 1. The van der Waals surface area contributed by atoms with Gasteiger partial charge in [-0.15, -0.1) is 11.6 Å². The summed E-state index contributed by atoms with van der Waals surface area (Å²) in [6.45, 7) is 1.75. The molecule has 3 atom stereocenters. The van der Waals surface area contributed by atoms with E-state index in [-0.39, 0.29) is 5.38 Å². The predicted molar refractivity (Wildman–Crippen MR) is 73.3 cm³/mol. The molecule has 3 heteroatoms. The van der Waals surface area contributed by atoms with Crippen molar-refractivity contribution in [1.82, 2.24) is 0 Å². The molecule has 0 amide bonds. The first kappa shape index (κ1) is 13.4. The zero-order valence-electron chi connectivity index (χ0n) is 10.6. The second-order valence-electron chi connectivity index (χ2n) is 5.15. The van der Waals surface area contributed by atoms with Crippen LogP contribution in [-0.2, 0) is 4.79 Å². The number of aliphatic carboxylic acids is 1. The van der Waals surface area contributed by atoms with E-state index in [9.17, 15) is 9.90 Å². The molecule has 1 N–H and O–H groups in total. The molecule has 2 nitrogen and oxygen atoms in total. The van der Waals surface area contributed by atoms with Crippen molar-refractivity contribution in [2.75, 3.05) is 0 Å². The van der Waals surface area contributed by atoms with E-state index in [0.29, 0.717) is 5.92 Å².